The number of likely N-dealkylation sites (tertiary alicyclic amines) is 1. The molecule has 1 aliphatic carbocycles. The van der Waals surface area contributed by atoms with E-state index in [1.165, 1.54) is 4.90 Å². The van der Waals surface area contributed by atoms with Crippen LogP contribution < -0.4 is 0 Å². The third-order valence-corrected chi connectivity index (χ3v) is 9.19. The highest BCUT2D eigenvalue weighted by molar-refractivity contribution is 6.05. The first-order valence-corrected chi connectivity index (χ1v) is 16.1. The number of allylic oxidation sites excluding steroid dienone is 2. The number of aromatic nitrogens is 1. The summed E-state index contributed by atoms with van der Waals surface area (Å²) in [5.41, 5.74) is 5.76. The maximum Gasteiger partial charge on any atom is 0.303 e. The van der Waals surface area contributed by atoms with E-state index in [2.05, 4.69) is 4.98 Å². The third-order valence-electron chi connectivity index (χ3n) is 9.19. The molecule has 45 heavy (non-hydrogen) atoms. The van der Waals surface area contributed by atoms with Gasteiger partial charge in [0.25, 0.3) is 0 Å². The minimum absolute atomic E-state index is 0.0523. The monoisotopic (exact) mass is 618 g/mol. The number of nitrogens with zero attached hydrogens (tertiary/aromatic N) is 2. The van der Waals surface area contributed by atoms with Gasteiger partial charge in [-0.2, -0.15) is 0 Å². The smallest absolute Gasteiger partial charge is 0.303 e. The number of fused-ring (bicyclic) bond motifs is 1. The van der Waals surface area contributed by atoms with Crippen LogP contribution in [0, 0.1) is 31.6 Å². The van der Waals surface area contributed by atoms with E-state index in [0.29, 0.717) is 50.5 Å². The van der Waals surface area contributed by atoms with Crippen LogP contribution in [0.2, 0.25) is 0 Å². The fourth-order valence-electron chi connectivity index (χ4n) is 7.05. The van der Waals surface area contributed by atoms with Crippen molar-refractivity contribution < 1.29 is 34.8 Å². The molecule has 4 rings (SSSR count). The molecule has 9 nitrogen and oxygen atoms in total. The first-order chi connectivity index (χ1) is 21.6. The predicted octanol–water partition coefficient (Wildman–Crippen LogP) is 5.44. The van der Waals surface area contributed by atoms with Gasteiger partial charge in [-0.3, -0.25) is 24.3 Å². The molecular formula is C36H46N2O7. The topological polar surface area (TPSA) is 148 Å². The van der Waals surface area contributed by atoms with Crippen molar-refractivity contribution in [3.63, 3.8) is 0 Å². The van der Waals surface area contributed by atoms with Crippen LogP contribution in [0.4, 0.5) is 0 Å². The van der Waals surface area contributed by atoms with Crippen LogP contribution in [0.1, 0.15) is 87.1 Å². The molecule has 0 bridgehead atoms. The molecule has 1 aliphatic heterocycles. The van der Waals surface area contributed by atoms with E-state index in [4.69, 9.17) is 5.11 Å². The first-order valence-electron chi connectivity index (χ1n) is 16.1. The average Bonchev–Trinajstić information content (AvgIpc) is 3.25. The number of aliphatic carboxylic acids is 1. The number of carboxylic acids is 1. The van der Waals surface area contributed by atoms with E-state index in [-0.39, 0.29) is 37.1 Å². The minimum atomic E-state index is -0.923. The molecule has 9 heteroatoms. The Morgan fingerprint density at radius 3 is 2.44 bits per heavy atom. The van der Waals surface area contributed by atoms with Gasteiger partial charge in [0.2, 0.25) is 11.8 Å². The Labute approximate surface area is 265 Å². The van der Waals surface area contributed by atoms with Crippen molar-refractivity contribution >= 4 is 29.4 Å². The molecule has 0 spiro atoms. The number of phenols is 1. The van der Waals surface area contributed by atoms with E-state index in [1.807, 2.05) is 57.2 Å². The van der Waals surface area contributed by atoms with Crippen molar-refractivity contribution in [1.29, 1.82) is 0 Å². The third kappa shape index (κ3) is 7.89. The second kappa shape index (κ2) is 15.5. The Balaban J connectivity index is 1.57. The van der Waals surface area contributed by atoms with Gasteiger partial charge in [0.05, 0.1) is 30.2 Å². The predicted molar refractivity (Wildman–Crippen MR) is 172 cm³/mol. The molecular weight excluding hydrogens is 572 g/mol. The molecule has 0 unspecified atom stereocenters. The molecule has 4 N–H and O–H groups in total. The molecule has 2 aliphatic rings. The van der Waals surface area contributed by atoms with E-state index in [0.717, 1.165) is 40.0 Å². The highest BCUT2D eigenvalue weighted by Crippen LogP contribution is 2.47. The highest BCUT2D eigenvalue weighted by atomic mass is 16.4. The molecule has 1 aromatic carbocycles. The summed E-state index contributed by atoms with van der Waals surface area (Å²) in [5, 5.41) is 41.5. The van der Waals surface area contributed by atoms with Crippen LogP contribution >= 0.6 is 0 Å². The van der Waals surface area contributed by atoms with Crippen LogP contribution in [-0.2, 0) is 14.4 Å². The summed E-state index contributed by atoms with van der Waals surface area (Å²) in [7, 11) is 0. The van der Waals surface area contributed by atoms with Crippen LogP contribution in [-0.4, -0.2) is 67.3 Å². The number of aryl methyl sites for hydroxylation is 2. The molecule has 0 radical (unpaired) electrons. The Morgan fingerprint density at radius 2 is 1.82 bits per heavy atom. The molecule has 2 heterocycles. The second-order valence-electron chi connectivity index (χ2n) is 12.4. The standard InChI is InChI=1S/C36H46N2O7/c1-4-10-26-20-27-33(36(45)38(35(27)44)16-9-5-6-12-31(41)42)28(21-39)32(26)30(40)14-13-25(29-11-7-8-15-37-29)19-24-17-22(2)34(43)23(3)18-24/h7-8,11,15,17-19,27-28,30,33,39-40,43H,4-6,9-10,12-14,16,20-21H2,1-3H3,(H,41,42)/b25-19-/t27-,28+,30-,33-/m1/s1. The zero-order valence-electron chi connectivity index (χ0n) is 26.5. The number of carbonyl (C=O) groups is 3. The van der Waals surface area contributed by atoms with Gasteiger partial charge >= 0.3 is 5.97 Å². The summed E-state index contributed by atoms with van der Waals surface area (Å²) in [6.07, 6.45) is 7.14. The summed E-state index contributed by atoms with van der Waals surface area (Å²) >= 11 is 0. The number of imide groups is 1. The Kier molecular flexibility index (Phi) is 11.7. The first kappa shape index (κ1) is 34.1. The molecule has 1 saturated heterocycles. The van der Waals surface area contributed by atoms with Gasteiger partial charge in [-0.25, -0.2) is 0 Å². The van der Waals surface area contributed by atoms with Crippen LogP contribution in [0.25, 0.3) is 11.6 Å². The van der Waals surface area contributed by atoms with Gasteiger partial charge in [0, 0.05) is 25.1 Å². The Bertz CT molecular complexity index is 1430. The number of aromatic hydroxyl groups is 1. The SMILES string of the molecule is CCCC1=C([C@H](O)CC/C(=C/c2cc(C)c(O)c(C)c2)c2ccccn2)[C@H](CO)[C@@H]2C(=O)N(CCCCCC(=O)O)C(=O)[C@@H]2C1. The number of hydrogen-bond acceptors (Lipinski definition) is 7. The molecule has 2 amide bonds. The summed E-state index contributed by atoms with van der Waals surface area (Å²) in [6.45, 7) is 5.63. The zero-order valence-corrected chi connectivity index (χ0v) is 26.5. The minimum Gasteiger partial charge on any atom is -0.507 e. The molecule has 4 atom stereocenters. The Hall–Kier alpha value is -3.82. The summed E-state index contributed by atoms with van der Waals surface area (Å²) in [6, 6.07) is 9.49. The van der Waals surface area contributed by atoms with Crippen molar-refractivity contribution in [2.75, 3.05) is 13.2 Å². The van der Waals surface area contributed by atoms with Gasteiger partial charge in [0.15, 0.2) is 0 Å². The van der Waals surface area contributed by atoms with Crippen molar-refractivity contribution in [2.24, 2.45) is 17.8 Å². The lowest BCUT2D eigenvalue weighted by Gasteiger charge is -2.36. The van der Waals surface area contributed by atoms with Gasteiger partial charge in [-0.15, -0.1) is 0 Å². The Morgan fingerprint density at radius 1 is 1.09 bits per heavy atom. The van der Waals surface area contributed by atoms with E-state index in [9.17, 15) is 29.7 Å². The van der Waals surface area contributed by atoms with Gasteiger partial charge in [-0.05, 0) is 111 Å². The molecule has 1 fully saturated rings. The van der Waals surface area contributed by atoms with E-state index >= 15 is 0 Å². The van der Waals surface area contributed by atoms with Crippen molar-refractivity contribution in [3.05, 3.63) is 70.1 Å². The number of aliphatic hydroxyl groups is 2. The average molecular weight is 619 g/mol. The largest absolute Gasteiger partial charge is 0.507 e. The summed E-state index contributed by atoms with van der Waals surface area (Å²) in [4.78, 5) is 43.7. The lowest BCUT2D eigenvalue weighted by molar-refractivity contribution is -0.141. The number of unbranched alkanes of at least 4 members (excludes halogenated alkanes) is 2. The number of amides is 2. The molecule has 0 saturated carbocycles. The molecule has 242 valence electrons. The van der Waals surface area contributed by atoms with Crippen molar-refractivity contribution in [1.82, 2.24) is 9.88 Å². The summed E-state index contributed by atoms with van der Waals surface area (Å²) in [5.74, 6) is -3.08. The van der Waals surface area contributed by atoms with Crippen molar-refractivity contribution in [2.45, 2.75) is 84.7 Å². The zero-order chi connectivity index (χ0) is 32.7. The number of benzene rings is 1. The lowest BCUT2D eigenvalue weighted by Crippen LogP contribution is -2.39. The normalized spacial score (nSPS) is 21.0. The fraction of sp³-hybridized carbons (Fsp3) is 0.500. The quantitative estimate of drug-likeness (QED) is 0.117. The van der Waals surface area contributed by atoms with Gasteiger partial charge in [0.1, 0.15) is 5.75 Å². The van der Waals surface area contributed by atoms with Crippen molar-refractivity contribution in [3.8, 4) is 5.75 Å². The van der Waals surface area contributed by atoms with Crippen LogP contribution in [0.3, 0.4) is 0 Å². The number of pyridine rings is 1. The number of phenolic OH excluding ortho intramolecular Hbond substituents is 1. The fourth-order valence-corrected chi connectivity index (χ4v) is 7.05. The highest BCUT2D eigenvalue weighted by Gasteiger charge is 2.54. The van der Waals surface area contributed by atoms with Crippen LogP contribution in [0.5, 0.6) is 5.75 Å². The molecule has 2 aromatic rings. The number of carbonyl (C=O) groups excluding carboxylic acids is 2. The molecule has 1 aromatic heterocycles. The number of carboxylic acid groups (broad SMARTS) is 1. The van der Waals surface area contributed by atoms with Crippen LogP contribution in [0.15, 0.2) is 47.7 Å². The number of rotatable bonds is 15. The van der Waals surface area contributed by atoms with E-state index < -0.39 is 29.8 Å². The van der Waals surface area contributed by atoms with Gasteiger partial charge in [-0.1, -0.05) is 31.4 Å². The number of hydrogen-bond donors (Lipinski definition) is 4. The maximum absolute atomic E-state index is 13.6. The maximum atomic E-state index is 13.6. The van der Waals surface area contributed by atoms with E-state index in [1.54, 1.807) is 6.20 Å². The number of aliphatic hydroxyl groups excluding tert-OH is 2. The second-order valence-corrected chi connectivity index (χ2v) is 12.4. The summed E-state index contributed by atoms with van der Waals surface area (Å²) < 4.78 is 0. The van der Waals surface area contributed by atoms with Gasteiger partial charge < -0.3 is 20.4 Å². The lowest BCUT2D eigenvalue weighted by atomic mass is 9.67.